The zero-order valence-corrected chi connectivity index (χ0v) is 16.9. The first-order valence-electron chi connectivity index (χ1n) is 9.17. The molecule has 7 heteroatoms. The minimum atomic E-state index is -0.342. The van der Waals surface area contributed by atoms with Gasteiger partial charge in [0.2, 0.25) is 5.91 Å². The molecular weight excluding hydrogens is 378 g/mol. The average Bonchev–Trinajstić information content (AvgIpc) is 3.39. The maximum Gasteiger partial charge on any atom is 0.248 e. The fraction of sp³-hybridized carbons (Fsp3) is 0.400. The van der Waals surface area contributed by atoms with Gasteiger partial charge in [0, 0.05) is 43.5 Å². The van der Waals surface area contributed by atoms with Crippen LogP contribution in [0.4, 0.5) is 0 Å². The van der Waals surface area contributed by atoms with Crippen LogP contribution in [0.5, 0.6) is 5.75 Å². The van der Waals surface area contributed by atoms with Crippen LogP contribution in [0, 0.1) is 0 Å². The summed E-state index contributed by atoms with van der Waals surface area (Å²) in [5.41, 5.74) is 2.07. The van der Waals surface area contributed by atoms with E-state index in [0.717, 1.165) is 31.2 Å². The first-order valence-corrected chi connectivity index (χ1v) is 11.1. The second-order valence-corrected chi connectivity index (χ2v) is 8.66. The molecule has 1 amide bonds. The molecule has 2 aromatic rings. The lowest BCUT2D eigenvalue weighted by atomic mass is 10.1. The number of phenols is 1. The van der Waals surface area contributed by atoms with Gasteiger partial charge in [-0.3, -0.25) is 14.7 Å². The average molecular weight is 402 g/mol. The molecule has 0 bridgehead atoms. The van der Waals surface area contributed by atoms with Gasteiger partial charge >= 0.3 is 0 Å². The first-order chi connectivity index (χ1) is 13.1. The van der Waals surface area contributed by atoms with Gasteiger partial charge in [0.25, 0.3) is 0 Å². The van der Waals surface area contributed by atoms with Gasteiger partial charge in [-0.1, -0.05) is 12.1 Å². The van der Waals surface area contributed by atoms with Gasteiger partial charge in [-0.05, 0) is 41.4 Å². The van der Waals surface area contributed by atoms with E-state index in [4.69, 9.17) is 0 Å². The summed E-state index contributed by atoms with van der Waals surface area (Å²) in [4.78, 5) is 21.9. The third-order valence-corrected chi connectivity index (χ3v) is 7.05. The summed E-state index contributed by atoms with van der Waals surface area (Å²) in [6.45, 7) is 5.50. The lowest BCUT2D eigenvalue weighted by Gasteiger charge is -2.38. The Bertz CT molecular complexity index is 830. The van der Waals surface area contributed by atoms with Crippen molar-refractivity contribution in [3.05, 3.63) is 52.2 Å². The van der Waals surface area contributed by atoms with Crippen LogP contribution < -0.4 is 0 Å². The molecule has 2 atom stereocenters. The van der Waals surface area contributed by atoms with E-state index in [0.29, 0.717) is 17.4 Å². The highest BCUT2D eigenvalue weighted by atomic mass is 32.2. The van der Waals surface area contributed by atoms with E-state index >= 15 is 0 Å². The predicted octanol–water partition coefficient (Wildman–Crippen LogP) is 3.22. The molecule has 142 valence electrons. The van der Waals surface area contributed by atoms with Crippen molar-refractivity contribution in [1.82, 2.24) is 9.80 Å². The Morgan fingerprint density at radius 3 is 2.70 bits per heavy atom. The number of thioether (sulfide) groups is 1. The van der Waals surface area contributed by atoms with Gasteiger partial charge in [0.1, 0.15) is 16.8 Å². The van der Waals surface area contributed by atoms with Crippen LogP contribution in [0.2, 0.25) is 0 Å². The van der Waals surface area contributed by atoms with Crippen molar-refractivity contribution >= 4 is 34.0 Å². The molecular formula is C20H23N3O2S2. The standard InChI is InChI=1S/C20H23N3O2S2/c1-14(15-6-11-26-12-15)22-7-9-23(10-8-22)20(25)17-13-27-19(21-17)16-4-2-3-5-18(16)24/h2-6,11-12,14,17,24H,7-10,13H2,1H3. The summed E-state index contributed by atoms with van der Waals surface area (Å²) >= 11 is 3.27. The number of carbonyl (C=O) groups excluding carboxylic acids is 1. The minimum absolute atomic E-state index is 0.107. The summed E-state index contributed by atoms with van der Waals surface area (Å²) in [5.74, 6) is 0.970. The maximum atomic E-state index is 12.9. The summed E-state index contributed by atoms with van der Waals surface area (Å²) in [5, 5.41) is 15.1. The van der Waals surface area contributed by atoms with Crippen molar-refractivity contribution in [2.24, 2.45) is 4.99 Å². The van der Waals surface area contributed by atoms with Crippen LogP contribution in [-0.2, 0) is 4.79 Å². The van der Waals surface area contributed by atoms with E-state index in [1.54, 1.807) is 35.2 Å². The number of hydrogen-bond acceptors (Lipinski definition) is 6. The number of para-hydroxylation sites is 1. The Morgan fingerprint density at radius 1 is 1.22 bits per heavy atom. The van der Waals surface area contributed by atoms with Gasteiger partial charge < -0.3 is 10.0 Å². The topological polar surface area (TPSA) is 56.1 Å². The molecule has 4 rings (SSSR count). The van der Waals surface area contributed by atoms with Crippen LogP contribution in [0.25, 0.3) is 0 Å². The summed E-state index contributed by atoms with van der Waals surface area (Å²) in [7, 11) is 0. The summed E-state index contributed by atoms with van der Waals surface area (Å²) in [6.07, 6.45) is 0. The summed E-state index contributed by atoms with van der Waals surface area (Å²) in [6, 6.07) is 9.39. The van der Waals surface area contributed by atoms with Crippen LogP contribution >= 0.6 is 23.1 Å². The van der Waals surface area contributed by atoms with Crippen molar-refractivity contribution in [3.63, 3.8) is 0 Å². The zero-order chi connectivity index (χ0) is 18.8. The van der Waals surface area contributed by atoms with Crippen LogP contribution in [-0.4, -0.2) is 63.8 Å². The normalized spacial score (nSPS) is 21.9. The van der Waals surface area contributed by atoms with Gasteiger partial charge in [-0.2, -0.15) is 11.3 Å². The second kappa shape index (κ2) is 8.04. The molecule has 1 saturated heterocycles. The number of amides is 1. The van der Waals surface area contributed by atoms with Crippen molar-refractivity contribution < 1.29 is 9.90 Å². The number of phenolic OH excluding ortho intramolecular Hbond substituents is 1. The largest absolute Gasteiger partial charge is 0.507 e. The van der Waals surface area contributed by atoms with Crippen molar-refractivity contribution in [3.8, 4) is 5.75 Å². The molecule has 1 aromatic heterocycles. The minimum Gasteiger partial charge on any atom is -0.507 e. The molecule has 1 N–H and O–H groups in total. The number of aromatic hydroxyl groups is 1. The highest BCUT2D eigenvalue weighted by molar-refractivity contribution is 8.14. The Morgan fingerprint density at radius 2 is 2.00 bits per heavy atom. The lowest BCUT2D eigenvalue weighted by molar-refractivity contribution is -0.134. The number of thiophene rings is 1. The quantitative estimate of drug-likeness (QED) is 0.855. The zero-order valence-electron chi connectivity index (χ0n) is 15.2. The Balaban J connectivity index is 1.37. The van der Waals surface area contributed by atoms with Gasteiger partial charge in [-0.15, -0.1) is 11.8 Å². The van der Waals surface area contributed by atoms with Crippen LogP contribution in [0.15, 0.2) is 46.1 Å². The van der Waals surface area contributed by atoms with E-state index in [9.17, 15) is 9.90 Å². The molecule has 2 aliphatic heterocycles. The Labute approximate surface area is 167 Å². The number of benzene rings is 1. The van der Waals surface area contributed by atoms with Crippen LogP contribution in [0.1, 0.15) is 24.1 Å². The SMILES string of the molecule is CC(c1ccsc1)N1CCN(C(=O)C2CSC(c3ccccc3O)=N2)CC1. The molecule has 2 aliphatic rings. The number of hydrogen-bond donors (Lipinski definition) is 1. The summed E-state index contributed by atoms with van der Waals surface area (Å²) < 4.78 is 0. The van der Waals surface area contributed by atoms with E-state index in [1.165, 1.54) is 5.56 Å². The van der Waals surface area contributed by atoms with Crippen molar-refractivity contribution in [1.29, 1.82) is 0 Å². The van der Waals surface area contributed by atoms with Gasteiger partial charge in [0.15, 0.2) is 0 Å². The third kappa shape index (κ3) is 3.90. The van der Waals surface area contributed by atoms with E-state index in [-0.39, 0.29) is 17.7 Å². The Kier molecular flexibility index (Phi) is 5.52. The smallest absolute Gasteiger partial charge is 0.248 e. The third-order valence-electron chi connectivity index (χ3n) is 5.27. The first kappa shape index (κ1) is 18.5. The molecule has 0 radical (unpaired) electrons. The van der Waals surface area contributed by atoms with E-state index < -0.39 is 0 Å². The van der Waals surface area contributed by atoms with Crippen molar-refractivity contribution in [2.45, 2.75) is 19.0 Å². The molecule has 0 saturated carbocycles. The number of nitrogens with zero attached hydrogens (tertiary/aromatic N) is 3. The molecule has 3 heterocycles. The lowest BCUT2D eigenvalue weighted by Crippen LogP contribution is -2.51. The second-order valence-electron chi connectivity index (χ2n) is 6.87. The number of piperazine rings is 1. The van der Waals surface area contributed by atoms with E-state index in [1.807, 2.05) is 17.0 Å². The van der Waals surface area contributed by atoms with Crippen molar-refractivity contribution in [2.75, 3.05) is 31.9 Å². The fourth-order valence-electron chi connectivity index (χ4n) is 3.57. The highest BCUT2D eigenvalue weighted by Crippen LogP contribution is 2.30. The molecule has 0 aliphatic carbocycles. The molecule has 1 fully saturated rings. The van der Waals surface area contributed by atoms with Gasteiger partial charge in [0.05, 0.1) is 0 Å². The molecule has 0 spiro atoms. The Hall–Kier alpha value is -1.83. The number of aliphatic imine (C=N–C) groups is 1. The fourth-order valence-corrected chi connectivity index (χ4v) is 5.38. The van der Waals surface area contributed by atoms with Crippen LogP contribution in [0.3, 0.4) is 0 Å². The maximum absolute atomic E-state index is 12.9. The number of carbonyl (C=O) groups is 1. The predicted molar refractivity (Wildman–Crippen MR) is 112 cm³/mol. The number of rotatable bonds is 4. The highest BCUT2D eigenvalue weighted by Gasteiger charge is 2.32. The van der Waals surface area contributed by atoms with Gasteiger partial charge in [-0.25, -0.2) is 0 Å². The molecule has 27 heavy (non-hydrogen) atoms. The monoisotopic (exact) mass is 401 g/mol. The van der Waals surface area contributed by atoms with E-state index in [2.05, 4.69) is 33.6 Å². The molecule has 1 aromatic carbocycles. The molecule has 2 unspecified atom stereocenters. The molecule has 5 nitrogen and oxygen atoms in total.